The molecule has 0 unspecified atom stereocenters. The van der Waals surface area contributed by atoms with E-state index >= 15 is 0 Å². The lowest BCUT2D eigenvalue weighted by atomic mass is 10.00. The van der Waals surface area contributed by atoms with Crippen LogP contribution in [0.15, 0.2) is 12.1 Å². The highest BCUT2D eigenvalue weighted by atomic mass is 35.5. The Morgan fingerprint density at radius 1 is 1.44 bits per heavy atom. The molecule has 1 aromatic rings. The molecule has 0 fully saturated rings. The second kappa shape index (κ2) is 4.97. The molecule has 0 spiro atoms. The number of methoxy groups -OCH3 is 1. The molecule has 0 radical (unpaired) electrons. The first-order valence-electron chi connectivity index (χ1n) is 4.85. The summed E-state index contributed by atoms with van der Waals surface area (Å²) in [7, 11) is 1.44. The van der Waals surface area contributed by atoms with Crippen molar-refractivity contribution in [2.24, 2.45) is 5.73 Å². The fraction of sp³-hybridized carbons (Fsp3) is 0.455. The summed E-state index contributed by atoms with van der Waals surface area (Å²) in [5.74, 6) is -2.55. The molecule has 0 atom stereocenters. The molecular weight excluding hydrogens is 236 g/mol. The molecule has 0 aliphatic heterocycles. The topological polar surface area (TPSA) is 35.2 Å². The lowest BCUT2D eigenvalue weighted by Gasteiger charge is -2.19. The van der Waals surface area contributed by atoms with Gasteiger partial charge >= 0.3 is 0 Å². The van der Waals surface area contributed by atoms with Crippen LogP contribution < -0.4 is 10.5 Å². The fourth-order valence-electron chi connectivity index (χ4n) is 1.52. The van der Waals surface area contributed by atoms with Crippen LogP contribution in [0.2, 0.25) is 5.02 Å². The first-order valence-corrected chi connectivity index (χ1v) is 5.22. The van der Waals surface area contributed by atoms with Crippen LogP contribution in [0.4, 0.5) is 8.78 Å². The maximum absolute atomic E-state index is 13.7. The Balaban J connectivity index is 3.20. The molecular formula is C11H14ClF2NO. The Kier molecular flexibility index (Phi) is 4.10. The Morgan fingerprint density at radius 2 is 2.06 bits per heavy atom. The zero-order valence-electron chi connectivity index (χ0n) is 9.19. The SMILES string of the molecule is COc1cc(C)c(C(F)(F)CCN)cc1Cl. The number of hydrogen-bond acceptors (Lipinski definition) is 2. The first kappa shape index (κ1) is 13.2. The van der Waals surface area contributed by atoms with Gasteiger partial charge in [0.1, 0.15) is 5.75 Å². The van der Waals surface area contributed by atoms with E-state index in [2.05, 4.69) is 0 Å². The Bertz CT molecular complexity index is 382. The van der Waals surface area contributed by atoms with Crippen molar-refractivity contribution in [1.29, 1.82) is 0 Å². The molecule has 5 heteroatoms. The number of hydrogen-bond donors (Lipinski definition) is 1. The number of ether oxygens (including phenoxy) is 1. The predicted molar refractivity (Wildman–Crippen MR) is 60.3 cm³/mol. The monoisotopic (exact) mass is 249 g/mol. The minimum Gasteiger partial charge on any atom is -0.495 e. The first-order chi connectivity index (χ1) is 7.42. The highest BCUT2D eigenvalue weighted by Crippen LogP contribution is 2.38. The second-order valence-electron chi connectivity index (χ2n) is 3.54. The second-order valence-corrected chi connectivity index (χ2v) is 3.95. The van der Waals surface area contributed by atoms with Crippen LogP contribution in [0, 0.1) is 6.92 Å². The minimum absolute atomic E-state index is 0.0733. The zero-order chi connectivity index (χ0) is 12.3. The molecule has 0 aromatic heterocycles. The average Bonchev–Trinajstić information content (AvgIpc) is 2.20. The van der Waals surface area contributed by atoms with Crippen molar-refractivity contribution in [3.05, 3.63) is 28.3 Å². The van der Waals surface area contributed by atoms with Crippen LogP contribution in [-0.4, -0.2) is 13.7 Å². The van der Waals surface area contributed by atoms with Gasteiger partial charge in [-0.05, 0) is 31.2 Å². The van der Waals surface area contributed by atoms with Gasteiger partial charge in [-0.1, -0.05) is 11.6 Å². The third kappa shape index (κ3) is 2.62. The van der Waals surface area contributed by atoms with Gasteiger partial charge in [-0.3, -0.25) is 0 Å². The average molecular weight is 250 g/mol. The molecule has 0 saturated heterocycles. The van der Waals surface area contributed by atoms with Crippen molar-refractivity contribution < 1.29 is 13.5 Å². The van der Waals surface area contributed by atoms with E-state index in [4.69, 9.17) is 22.1 Å². The number of alkyl halides is 2. The minimum atomic E-state index is -2.95. The number of nitrogens with two attached hydrogens (primary N) is 1. The number of halogens is 3. The molecule has 0 amide bonds. The molecule has 0 heterocycles. The van der Waals surface area contributed by atoms with Crippen LogP contribution in [0.5, 0.6) is 5.75 Å². The summed E-state index contributed by atoms with van der Waals surface area (Å²) in [6, 6.07) is 2.74. The van der Waals surface area contributed by atoms with E-state index in [1.54, 1.807) is 6.92 Å². The summed E-state index contributed by atoms with van der Waals surface area (Å²) in [5, 5.41) is 0.180. The Labute approximate surface area is 98.3 Å². The van der Waals surface area contributed by atoms with Gasteiger partial charge in [-0.15, -0.1) is 0 Å². The van der Waals surface area contributed by atoms with Gasteiger partial charge in [0.25, 0.3) is 5.92 Å². The van der Waals surface area contributed by atoms with Crippen molar-refractivity contribution in [3.8, 4) is 5.75 Å². The van der Waals surface area contributed by atoms with Crippen molar-refractivity contribution in [3.63, 3.8) is 0 Å². The molecule has 2 N–H and O–H groups in total. The molecule has 90 valence electrons. The van der Waals surface area contributed by atoms with Crippen molar-refractivity contribution >= 4 is 11.6 Å². The predicted octanol–water partition coefficient (Wildman–Crippen LogP) is 3.10. The summed E-state index contributed by atoms with van der Waals surface area (Å²) in [6.45, 7) is 1.52. The molecule has 0 aliphatic rings. The highest BCUT2D eigenvalue weighted by molar-refractivity contribution is 6.32. The van der Waals surface area contributed by atoms with E-state index in [9.17, 15) is 8.78 Å². The Morgan fingerprint density at radius 3 is 2.56 bits per heavy atom. The number of rotatable bonds is 4. The van der Waals surface area contributed by atoms with E-state index in [1.807, 2.05) is 0 Å². The molecule has 1 aromatic carbocycles. The molecule has 16 heavy (non-hydrogen) atoms. The fourth-order valence-corrected chi connectivity index (χ4v) is 1.76. The lowest BCUT2D eigenvalue weighted by Crippen LogP contribution is -2.19. The molecule has 2 nitrogen and oxygen atoms in total. The van der Waals surface area contributed by atoms with Crippen LogP contribution >= 0.6 is 11.6 Å². The number of benzene rings is 1. The van der Waals surface area contributed by atoms with Gasteiger partial charge in [0, 0.05) is 12.0 Å². The summed E-state index contributed by atoms with van der Waals surface area (Å²) >= 11 is 5.82. The van der Waals surface area contributed by atoms with Crippen LogP contribution in [0.1, 0.15) is 17.5 Å². The van der Waals surface area contributed by atoms with E-state index < -0.39 is 12.3 Å². The van der Waals surface area contributed by atoms with Crippen LogP contribution in [-0.2, 0) is 5.92 Å². The standard InChI is InChI=1S/C11H14ClF2NO/c1-7-5-10(16-2)9(12)6-8(7)11(13,14)3-4-15/h5-6H,3-4,15H2,1-2H3. The summed E-state index contributed by atoms with van der Waals surface area (Å²) in [5.41, 5.74) is 5.51. The van der Waals surface area contributed by atoms with Crippen molar-refractivity contribution in [2.45, 2.75) is 19.3 Å². The van der Waals surface area contributed by atoms with Crippen molar-refractivity contribution in [1.82, 2.24) is 0 Å². The summed E-state index contributed by atoms with van der Waals surface area (Å²) in [6.07, 6.45) is -0.392. The molecule has 0 saturated carbocycles. The summed E-state index contributed by atoms with van der Waals surface area (Å²) in [4.78, 5) is 0. The highest BCUT2D eigenvalue weighted by Gasteiger charge is 2.32. The van der Waals surface area contributed by atoms with Crippen LogP contribution in [0.25, 0.3) is 0 Å². The third-order valence-electron chi connectivity index (χ3n) is 2.35. The van der Waals surface area contributed by atoms with Crippen LogP contribution in [0.3, 0.4) is 0 Å². The van der Waals surface area contributed by atoms with E-state index in [-0.39, 0.29) is 17.1 Å². The maximum Gasteiger partial charge on any atom is 0.274 e. The van der Waals surface area contributed by atoms with Crippen molar-refractivity contribution in [2.75, 3.05) is 13.7 Å². The lowest BCUT2D eigenvalue weighted by molar-refractivity contribution is -0.0113. The molecule has 0 aliphatic carbocycles. The number of aryl methyl sites for hydroxylation is 1. The van der Waals surface area contributed by atoms with E-state index in [0.717, 1.165) is 0 Å². The molecule has 0 bridgehead atoms. The zero-order valence-corrected chi connectivity index (χ0v) is 9.94. The largest absolute Gasteiger partial charge is 0.495 e. The third-order valence-corrected chi connectivity index (χ3v) is 2.65. The van der Waals surface area contributed by atoms with Gasteiger partial charge in [0.05, 0.1) is 12.1 Å². The normalized spacial score (nSPS) is 11.6. The van der Waals surface area contributed by atoms with E-state index in [1.165, 1.54) is 19.2 Å². The van der Waals surface area contributed by atoms with Gasteiger partial charge in [-0.25, -0.2) is 8.78 Å². The van der Waals surface area contributed by atoms with Gasteiger partial charge in [-0.2, -0.15) is 0 Å². The maximum atomic E-state index is 13.7. The molecule has 1 rings (SSSR count). The van der Waals surface area contributed by atoms with E-state index in [0.29, 0.717) is 11.3 Å². The quantitative estimate of drug-likeness (QED) is 0.890. The van der Waals surface area contributed by atoms with Gasteiger partial charge in [0.2, 0.25) is 0 Å². The summed E-state index contributed by atoms with van der Waals surface area (Å²) < 4.78 is 32.3. The Hall–Kier alpha value is -0.870. The van der Waals surface area contributed by atoms with Gasteiger partial charge < -0.3 is 10.5 Å². The van der Waals surface area contributed by atoms with Gasteiger partial charge in [0.15, 0.2) is 0 Å². The smallest absolute Gasteiger partial charge is 0.274 e.